The van der Waals surface area contributed by atoms with Crippen LogP contribution in [0.3, 0.4) is 0 Å². The Balaban J connectivity index is 1.85. The predicted molar refractivity (Wildman–Crippen MR) is 85.0 cm³/mol. The van der Waals surface area contributed by atoms with Crippen molar-refractivity contribution in [2.24, 2.45) is 0 Å². The lowest BCUT2D eigenvalue weighted by Gasteiger charge is -2.22. The predicted octanol–water partition coefficient (Wildman–Crippen LogP) is 4.14. The molecule has 2 heterocycles. The van der Waals surface area contributed by atoms with E-state index in [1.807, 2.05) is 27.8 Å². The average molecular weight is 353 g/mol. The molecule has 1 saturated carbocycles. The minimum Gasteiger partial charge on any atom is -0.343 e. The highest BCUT2D eigenvalue weighted by Gasteiger charge is 2.34. The van der Waals surface area contributed by atoms with Gasteiger partial charge in [-0.1, -0.05) is 6.07 Å². The molecular weight excluding hydrogens is 336 g/mol. The van der Waals surface area contributed by atoms with Crippen LogP contribution in [0.15, 0.2) is 34.2 Å². The Morgan fingerprint density at radius 2 is 2.35 bits per heavy atom. The van der Waals surface area contributed by atoms with Crippen LogP contribution in [0.1, 0.15) is 35.1 Å². The van der Waals surface area contributed by atoms with E-state index >= 15 is 0 Å². The highest BCUT2D eigenvalue weighted by molar-refractivity contribution is 9.10. The lowest BCUT2D eigenvalue weighted by atomic mass is 10.3. The van der Waals surface area contributed by atoms with Crippen LogP contribution >= 0.6 is 27.3 Å². The molecule has 106 valence electrons. The number of rotatable bonds is 5. The van der Waals surface area contributed by atoms with Crippen LogP contribution < -0.4 is 0 Å². The number of thiophene rings is 1. The molecule has 0 unspecified atom stereocenters. The number of amides is 1. The second-order valence-electron chi connectivity index (χ2n) is 5.07. The molecule has 1 aliphatic carbocycles. The van der Waals surface area contributed by atoms with Crippen molar-refractivity contribution in [1.29, 1.82) is 0 Å². The van der Waals surface area contributed by atoms with Gasteiger partial charge in [0.05, 0.1) is 6.54 Å². The molecule has 5 heteroatoms. The topological polar surface area (TPSA) is 25.2 Å². The minimum atomic E-state index is 0.147. The van der Waals surface area contributed by atoms with E-state index < -0.39 is 0 Å². The van der Waals surface area contributed by atoms with Crippen LogP contribution in [0.5, 0.6) is 0 Å². The monoisotopic (exact) mass is 352 g/mol. The number of nitrogens with zero attached hydrogens (tertiary/aromatic N) is 2. The van der Waals surface area contributed by atoms with Gasteiger partial charge >= 0.3 is 0 Å². The van der Waals surface area contributed by atoms with E-state index in [9.17, 15) is 4.79 Å². The Labute approximate surface area is 131 Å². The van der Waals surface area contributed by atoms with Crippen LogP contribution in [0.2, 0.25) is 0 Å². The maximum atomic E-state index is 12.8. The van der Waals surface area contributed by atoms with Gasteiger partial charge in [-0.05, 0) is 53.2 Å². The highest BCUT2D eigenvalue weighted by Crippen LogP contribution is 2.31. The number of aromatic nitrogens is 1. The lowest BCUT2D eigenvalue weighted by molar-refractivity contribution is 0.0721. The molecule has 2 aromatic rings. The molecule has 0 N–H and O–H groups in total. The van der Waals surface area contributed by atoms with Crippen molar-refractivity contribution < 1.29 is 4.79 Å². The zero-order valence-corrected chi connectivity index (χ0v) is 13.8. The van der Waals surface area contributed by atoms with Gasteiger partial charge in [0.2, 0.25) is 0 Å². The summed E-state index contributed by atoms with van der Waals surface area (Å²) < 4.78 is 2.98. The summed E-state index contributed by atoms with van der Waals surface area (Å²) in [6, 6.07) is 6.49. The Morgan fingerprint density at radius 3 is 2.95 bits per heavy atom. The molecular formula is C15H17BrN2OS. The first-order chi connectivity index (χ1) is 9.69. The van der Waals surface area contributed by atoms with Crippen molar-refractivity contribution in [2.75, 3.05) is 0 Å². The molecule has 0 bridgehead atoms. The highest BCUT2D eigenvalue weighted by atomic mass is 79.9. The van der Waals surface area contributed by atoms with Gasteiger partial charge in [-0.25, -0.2) is 0 Å². The van der Waals surface area contributed by atoms with Crippen LogP contribution in [0.4, 0.5) is 0 Å². The lowest BCUT2D eigenvalue weighted by Crippen LogP contribution is -2.33. The van der Waals surface area contributed by atoms with Crippen molar-refractivity contribution in [2.45, 2.75) is 38.9 Å². The first kappa shape index (κ1) is 13.9. The molecule has 1 aliphatic rings. The van der Waals surface area contributed by atoms with E-state index in [-0.39, 0.29) is 5.91 Å². The first-order valence-corrected chi connectivity index (χ1v) is 8.55. The normalized spacial score (nSPS) is 14.5. The van der Waals surface area contributed by atoms with Gasteiger partial charge in [0.15, 0.2) is 0 Å². The van der Waals surface area contributed by atoms with Crippen LogP contribution in [0, 0.1) is 0 Å². The molecule has 3 nitrogen and oxygen atoms in total. The van der Waals surface area contributed by atoms with Gasteiger partial charge in [0.25, 0.3) is 5.91 Å². The minimum absolute atomic E-state index is 0.147. The van der Waals surface area contributed by atoms with Crippen molar-refractivity contribution in [3.05, 3.63) is 44.8 Å². The largest absolute Gasteiger partial charge is 0.343 e. The third-order valence-corrected chi connectivity index (χ3v) is 4.87. The summed E-state index contributed by atoms with van der Waals surface area (Å²) in [5, 5.41) is 2.07. The maximum absolute atomic E-state index is 12.8. The van der Waals surface area contributed by atoms with Crippen LogP contribution in [0.25, 0.3) is 0 Å². The summed E-state index contributed by atoms with van der Waals surface area (Å²) in [4.78, 5) is 16.1. The fraction of sp³-hybridized carbons (Fsp3) is 0.400. The molecule has 2 aromatic heterocycles. The Hall–Kier alpha value is -1.07. The second kappa shape index (κ2) is 5.74. The summed E-state index contributed by atoms with van der Waals surface area (Å²) in [6.45, 7) is 3.60. The standard InChI is InChI=1S/C15H17BrN2OS/c1-2-17-9-11(16)8-14(17)15(19)18(12-5-6-12)10-13-4-3-7-20-13/h3-4,7-9,12H,2,5-6,10H2,1H3. The molecule has 20 heavy (non-hydrogen) atoms. The molecule has 0 radical (unpaired) electrons. The van der Waals surface area contributed by atoms with Crippen LogP contribution in [-0.2, 0) is 13.1 Å². The molecule has 0 aliphatic heterocycles. The summed E-state index contributed by atoms with van der Waals surface area (Å²) in [5.41, 5.74) is 0.780. The van der Waals surface area contributed by atoms with Crippen molar-refractivity contribution in [3.8, 4) is 0 Å². The molecule has 0 spiro atoms. The van der Waals surface area contributed by atoms with Gasteiger partial charge in [0.1, 0.15) is 5.69 Å². The second-order valence-corrected chi connectivity index (χ2v) is 7.02. The molecule has 0 aromatic carbocycles. The zero-order valence-electron chi connectivity index (χ0n) is 11.4. The Bertz CT molecular complexity index is 601. The Kier molecular flexibility index (Phi) is 3.98. The van der Waals surface area contributed by atoms with Gasteiger partial charge in [-0.15, -0.1) is 11.3 Å². The third kappa shape index (κ3) is 2.83. The summed E-state index contributed by atoms with van der Waals surface area (Å²) in [5.74, 6) is 0.147. The average Bonchev–Trinajstić information content (AvgIpc) is 3.01. The first-order valence-electron chi connectivity index (χ1n) is 6.88. The van der Waals surface area contributed by atoms with E-state index in [1.54, 1.807) is 11.3 Å². The van der Waals surface area contributed by atoms with E-state index in [0.717, 1.165) is 36.1 Å². The third-order valence-electron chi connectivity index (χ3n) is 3.58. The molecule has 1 amide bonds. The number of halogens is 1. The van der Waals surface area contributed by atoms with Crippen molar-refractivity contribution in [1.82, 2.24) is 9.47 Å². The number of hydrogen-bond acceptors (Lipinski definition) is 2. The van der Waals surface area contributed by atoms with E-state index in [1.165, 1.54) is 4.88 Å². The van der Waals surface area contributed by atoms with Gasteiger partial charge < -0.3 is 9.47 Å². The van der Waals surface area contributed by atoms with Crippen molar-refractivity contribution in [3.63, 3.8) is 0 Å². The summed E-state index contributed by atoms with van der Waals surface area (Å²) >= 11 is 5.18. The number of aryl methyl sites for hydroxylation is 1. The van der Waals surface area contributed by atoms with E-state index in [4.69, 9.17) is 0 Å². The quantitative estimate of drug-likeness (QED) is 0.793. The van der Waals surface area contributed by atoms with Gasteiger partial charge in [-0.2, -0.15) is 0 Å². The van der Waals surface area contributed by atoms with Crippen molar-refractivity contribution >= 4 is 33.2 Å². The van der Waals surface area contributed by atoms with E-state index in [0.29, 0.717) is 6.04 Å². The summed E-state index contributed by atoms with van der Waals surface area (Å²) in [7, 11) is 0. The fourth-order valence-corrected chi connectivity index (χ4v) is 3.55. The maximum Gasteiger partial charge on any atom is 0.271 e. The Morgan fingerprint density at radius 1 is 1.55 bits per heavy atom. The van der Waals surface area contributed by atoms with Crippen LogP contribution in [-0.4, -0.2) is 21.4 Å². The fourth-order valence-electron chi connectivity index (χ4n) is 2.39. The number of hydrogen-bond donors (Lipinski definition) is 0. The SMILES string of the molecule is CCn1cc(Br)cc1C(=O)N(Cc1cccs1)C1CC1. The summed E-state index contributed by atoms with van der Waals surface area (Å²) in [6.07, 6.45) is 4.24. The van der Waals surface area contributed by atoms with Gasteiger partial charge in [-0.3, -0.25) is 4.79 Å². The smallest absolute Gasteiger partial charge is 0.271 e. The molecule has 1 fully saturated rings. The zero-order chi connectivity index (χ0) is 14.1. The number of carbonyl (C=O) groups excluding carboxylic acids is 1. The van der Waals surface area contributed by atoms with E-state index in [2.05, 4.69) is 34.3 Å². The molecule has 3 rings (SSSR count). The number of carbonyl (C=O) groups is 1. The van der Waals surface area contributed by atoms with Gasteiger partial charge in [0, 0.05) is 28.1 Å². The molecule has 0 saturated heterocycles. The molecule has 0 atom stereocenters.